The molecule has 3 rings (SSSR count). The highest BCUT2D eigenvalue weighted by Gasteiger charge is 2.12. The summed E-state index contributed by atoms with van der Waals surface area (Å²) in [4.78, 5) is 27.8. The van der Waals surface area contributed by atoms with Crippen LogP contribution in [0, 0.1) is 24.0 Å². The quantitative estimate of drug-likeness (QED) is 0.471. The molecule has 0 radical (unpaired) electrons. The number of benzene rings is 2. The lowest BCUT2D eigenvalue weighted by atomic mass is 10.1. The fraction of sp³-hybridized carbons (Fsp3) is 0.263. The van der Waals surface area contributed by atoms with Crippen LogP contribution in [0.5, 0.6) is 0 Å². The third-order valence-corrected chi connectivity index (χ3v) is 5.97. The third-order valence-electron chi connectivity index (χ3n) is 4.34. The lowest BCUT2D eigenvalue weighted by Crippen LogP contribution is -2.18. The van der Waals surface area contributed by atoms with E-state index in [-0.39, 0.29) is 5.69 Å². The normalized spacial score (nSPS) is 11.9. The summed E-state index contributed by atoms with van der Waals surface area (Å²) in [5, 5.41) is 10.8. The van der Waals surface area contributed by atoms with Crippen molar-refractivity contribution in [2.75, 3.05) is 12.0 Å². The van der Waals surface area contributed by atoms with Crippen LogP contribution < -0.4 is 4.80 Å². The Balaban J connectivity index is 2.08. The minimum Gasteiger partial charge on any atom is -0.315 e. The molecule has 27 heavy (non-hydrogen) atoms. The Morgan fingerprint density at radius 2 is 1.89 bits per heavy atom. The summed E-state index contributed by atoms with van der Waals surface area (Å²) in [5.41, 5.74) is 3.77. The van der Waals surface area contributed by atoms with Gasteiger partial charge in [0.15, 0.2) is 4.80 Å². The molecule has 0 unspecified atom stereocenters. The van der Waals surface area contributed by atoms with E-state index in [1.807, 2.05) is 6.26 Å². The zero-order valence-corrected chi connectivity index (χ0v) is 16.9. The molecular weight excluding hydrogens is 382 g/mol. The van der Waals surface area contributed by atoms with Crippen LogP contribution in [0.15, 0.2) is 41.4 Å². The molecule has 0 aliphatic rings. The summed E-state index contributed by atoms with van der Waals surface area (Å²) < 4.78 is 3.17. The molecule has 0 saturated heterocycles. The summed E-state index contributed by atoms with van der Waals surface area (Å²) >= 11 is 3.22. The van der Waals surface area contributed by atoms with Gasteiger partial charge in [-0.15, -0.1) is 0 Å². The summed E-state index contributed by atoms with van der Waals surface area (Å²) in [5.74, 6) is 0.514. The number of nitro groups is 1. The zero-order valence-electron chi connectivity index (χ0n) is 15.3. The van der Waals surface area contributed by atoms with Gasteiger partial charge in [0.1, 0.15) is 0 Å². The molecule has 8 heteroatoms. The van der Waals surface area contributed by atoms with Crippen LogP contribution in [0.3, 0.4) is 0 Å². The Bertz CT molecular complexity index is 1080. The van der Waals surface area contributed by atoms with Gasteiger partial charge in [-0.1, -0.05) is 11.3 Å². The van der Waals surface area contributed by atoms with Crippen molar-refractivity contribution in [3.8, 4) is 0 Å². The number of carbonyl (C=O) groups is 1. The summed E-state index contributed by atoms with van der Waals surface area (Å²) in [6, 6.07) is 9.79. The second-order valence-electron chi connectivity index (χ2n) is 6.15. The molecule has 0 saturated carbocycles. The van der Waals surface area contributed by atoms with E-state index in [2.05, 4.69) is 35.5 Å². The van der Waals surface area contributed by atoms with Crippen molar-refractivity contribution >= 4 is 44.9 Å². The lowest BCUT2D eigenvalue weighted by molar-refractivity contribution is -0.384. The standard InChI is InChI=1S/C19H19N3O3S2/c1-12-10-16-17(11-13(12)2)27-19(21(16)8-9-26-3)20-18(23)14-4-6-15(7-5-14)22(24)25/h4-7,10-11H,8-9H2,1-3H3. The number of aromatic nitrogens is 1. The summed E-state index contributed by atoms with van der Waals surface area (Å²) in [6.45, 7) is 4.90. The van der Waals surface area contributed by atoms with Crippen molar-refractivity contribution in [3.05, 3.63) is 68.0 Å². The fourth-order valence-electron chi connectivity index (χ4n) is 2.68. The average molecular weight is 402 g/mol. The number of thioether (sulfide) groups is 1. The Labute approximate surface area is 164 Å². The second kappa shape index (κ2) is 8.06. The number of thiazole rings is 1. The number of nitrogens with zero attached hydrogens (tertiary/aromatic N) is 3. The van der Waals surface area contributed by atoms with Gasteiger partial charge in [-0.05, 0) is 55.5 Å². The van der Waals surface area contributed by atoms with E-state index in [1.165, 1.54) is 46.7 Å². The highest BCUT2D eigenvalue weighted by molar-refractivity contribution is 7.98. The van der Waals surface area contributed by atoms with E-state index >= 15 is 0 Å². The molecule has 3 aromatic rings. The van der Waals surface area contributed by atoms with Gasteiger partial charge in [0.05, 0.1) is 15.1 Å². The first-order chi connectivity index (χ1) is 12.9. The van der Waals surface area contributed by atoms with Gasteiger partial charge in [-0.3, -0.25) is 14.9 Å². The van der Waals surface area contributed by atoms with Crippen LogP contribution in [0.25, 0.3) is 10.2 Å². The predicted molar refractivity (Wildman–Crippen MR) is 111 cm³/mol. The molecule has 0 bridgehead atoms. The molecule has 0 aliphatic carbocycles. The van der Waals surface area contributed by atoms with Gasteiger partial charge in [0.25, 0.3) is 11.6 Å². The van der Waals surface area contributed by atoms with E-state index in [0.717, 1.165) is 22.5 Å². The predicted octanol–water partition coefficient (Wildman–Crippen LogP) is 4.33. The van der Waals surface area contributed by atoms with Crippen molar-refractivity contribution in [2.24, 2.45) is 4.99 Å². The average Bonchev–Trinajstić information content (AvgIpc) is 2.96. The first-order valence-corrected chi connectivity index (χ1v) is 10.5. The smallest absolute Gasteiger partial charge is 0.279 e. The van der Waals surface area contributed by atoms with Crippen LogP contribution in [0.4, 0.5) is 5.69 Å². The lowest BCUT2D eigenvalue weighted by Gasteiger charge is -2.06. The Morgan fingerprint density at radius 3 is 2.52 bits per heavy atom. The molecule has 0 aliphatic heterocycles. The van der Waals surface area contributed by atoms with Gasteiger partial charge in [0.2, 0.25) is 0 Å². The van der Waals surface area contributed by atoms with Crippen molar-refractivity contribution in [1.82, 2.24) is 4.57 Å². The first kappa shape index (κ1) is 19.3. The van der Waals surface area contributed by atoms with Gasteiger partial charge in [0, 0.05) is 30.0 Å². The number of fused-ring (bicyclic) bond motifs is 1. The number of carbonyl (C=O) groups excluding carboxylic acids is 1. The molecule has 0 fully saturated rings. The van der Waals surface area contributed by atoms with Crippen LogP contribution in [0.1, 0.15) is 21.5 Å². The van der Waals surface area contributed by atoms with Crippen LogP contribution in [-0.4, -0.2) is 27.4 Å². The number of hydrogen-bond donors (Lipinski definition) is 0. The Morgan fingerprint density at radius 1 is 1.22 bits per heavy atom. The van der Waals surface area contributed by atoms with Crippen molar-refractivity contribution in [3.63, 3.8) is 0 Å². The third kappa shape index (κ3) is 4.12. The molecule has 1 aromatic heterocycles. The number of nitro benzene ring substituents is 1. The molecule has 0 spiro atoms. The van der Waals surface area contributed by atoms with E-state index in [9.17, 15) is 14.9 Å². The summed E-state index contributed by atoms with van der Waals surface area (Å²) in [7, 11) is 0. The van der Waals surface area contributed by atoms with Crippen LogP contribution >= 0.6 is 23.1 Å². The van der Waals surface area contributed by atoms with Gasteiger partial charge in [-0.25, -0.2) is 0 Å². The zero-order chi connectivity index (χ0) is 19.6. The fourth-order valence-corrected chi connectivity index (χ4v) is 4.18. The van der Waals surface area contributed by atoms with Gasteiger partial charge >= 0.3 is 0 Å². The molecule has 140 valence electrons. The molecule has 1 amide bonds. The molecule has 0 N–H and O–H groups in total. The largest absolute Gasteiger partial charge is 0.315 e. The van der Waals surface area contributed by atoms with Crippen molar-refractivity contribution in [2.45, 2.75) is 20.4 Å². The number of hydrogen-bond acceptors (Lipinski definition) is 5. The van der Waals surface area contributed by atoms with E-state index < -0.39 is 10.8 Å². The topological polar surface area (TPSA) is 77.5 Å². The SMILES string of the molecule is CSCCn1c(=NC(=O)c2ccc([N+](=O)[O-])cc2)sc2cc(C)c(C)cc21. The van der Waals surface area contributed by atoms with Gasteiger partial charge in [-0.2, -0.15) is 16.8 Å². The molecule has 1 heterocycles. The molecule has 2 aromatic carbocycles. The maximum Gasteiger partial charge on any atom is 0.279 e. The summed E-state index contributed by atoms with van der Waals surface area (Å²) in [6.07, 6.45) is 2.04. The van der Waals surface area contributed by atoms with Crippen LogP contribution in [0.2, 0.25) is 0 Å². The Kier molecular flexibility index (Phi) is 5.76. The molecule has 6 nitrogen and oxygen atoms in total. The first-order valence-electron chi connectivity index (χ1n) is 8.33. The number of rotatable bonds is 5. The maximum atomic E-state index is 12.6. The molecular formula is C19H19N3O3S2. The van der Waals surface area contributed by atoms with Crippen molar-refractivity contribution in [1.29, 1.82) is 0 Å². The monoisotopic (exact) mass is 401 g/mol. The minimum atomic E-state index is -0.488. The van der Waals surface area contributed by atoms with Crippen molar-refractivity contribution < 1.29 is 9.72 Å². The van der Waals surface area contributed by atoms with E-state index in [0.29, 0.717) is 10.4 Å². The second-order valence-corrected chi connectivity index (χ2v) is 8.15. The number of amides is 1. The maximum absolute atomic E-state index is 12.6. The van der Waals surface area contributed by atoms with Crippen LogP contribution in [-0.2, 0) is 6.54 Å². The minimum absolute atomic E-state index is 0.0469. The van der Waals surface area contributed by atoms with E-state index in [1.54, 1.807) is 11.8 Å². The van der Waals surface area contributed by atoms with E-state index in [4.69, 9.17) is 0 Å². The number of non-ortho nitro benzene ring substituents is 1. The number of aryl methyl sites for hydroxylation is 3. The molecule has 0 atom stereocenters. The Hall–Kier alpha value is -2.45. The van der Waals surface area contributed by atoms with Gasteiger partial charge < -0.3 is 4.57 Å². The highest BCUT2D eigenvalue weighted by Crippen LogP contribution is 2.22. The highest BCUT2D eigenvalue weighted by atomic mass is 32.2.